The number of aryl methyl sites for hydroxylation is 1. The molecule has 1 amide bonds. The molecule has 110 valence electrons. The molecule has 0 bridgehead atoms. The highest BCUT2D eigenvalue weighted by Gasteiger charge is 2.46. The fourth-order valence-electron chi connectivity index (χ4n) is 2.96. The number of rotatable bonds is 4. The number of benzene rings is 1. The van der Waals surface area contributed by atoms with Crippen molar-refractivity contribution in [3.05, 3.63) is 35.5 Å². The Morgan fingerprint density at radius 3 is 2.62 bits per heavy atom. The van der Waals surface area contributed by atoms with Crippen molar-refractivity contribution in [2.75, 3.05) is 0 Å². The molecular formula is C16H18N2O3. The van der Waals surface area contributed by atoms with Crippen LogP contribution in [0.15, 0.2) is 24.3 Å². The Morgan fingerprint density at radius 2 is 2.05 bits per heavy atom. The van der Waals surface area contributed by atoms with Crippen molar-refractivity contribution in [2.24, 2.45) is 0 Å². The number of amides is 1. The molecule has 0 saturated heterocycles. The molecule has 1 fully saturated rings. The van der Waals surface area contributed by atoms with Gasteiger partial charge in [-0.3, -0.25) is 4.79 Å². The third-order valence-corrected chi connectivity index (χ3v) is 4.36. The standard InChI is InChI=1S/C16H18N2O3/c1-2-10-11-6-3-4-7-12(11)17-13(10)14(19)18-16(15(20)21)8-5-9-16/h3-4,6-7,17H,2,5,8-9H2,1H3,(H,18,19)(H,20,21). The lowest BCUT2D eigenvalue weighted by atomic mass is 9.76. The smallest absolute Gasteiger partial charge is 0.329 e. The number of aliphatic carboxylic acids is 1. The Morgan fingerprint density at radius 1 is 1.33 bits per heavy atom. The quantitative estimate of drug-likeness (QED) is 0.807. The number of H-pyrrole nitrogens is 1. The average Bonchev–Trinajstić information content (AvgIpc) is 2.80. The topological polar surface area (TPSA) is 82.2 Å². The number of aromatic nitrogens is 1. The third-order valence-electron chi connectivity index (χ3n) is 4.36. The molecule has 1 saturated carbocycles. The molecule has 1 aromatic carbocycles. The minimum absolute atomic E-state index is 0.329. The first-order valence-corrected chi connectivity index (χ1v) is 7.23. The van der Waals surface area contributed by atoms with Gasteiger partial charge < -0.3 is 15.4 Å². The largest absolute Gasteiger partial charge is 0.480 e. The predicted octanol–water partition coefficient (Wildman–Crippen LogP) is 2.47. The van der Waals surface area contributed by atoms with Crippen LogP contribution >= 0.6 is 0 Å². The molecule has 5 heteroatoms. The zero-order valence-electron chi connectivity index (χ0n) is 11.9. The molecule has 1 aromatic heterocycles. The molecule has 0 radical (unpaired) electrons. The Hall–Kier alpha value is -2.30. The summed E-state index contributed by atoms with van der Waals surface area (Å²) in [6.45, 7) is 1.99. The summed E-state index contributed by atoms with van der Waals surface area (Å²) in [6, 6.07) is 7.73. The van der Waals surface area contributed by atoms with Crippen LogP contribution in [0.4, 0.5) is 0 Å². The van der Waals surface area contributed by atoms with Crippen molar-refractivity contribution < 1.29 is 14.7 Å². The summed E-state index contributed by atoms with van der Waals surface area (Å²) in [5.41, 5.74) is 1.23. The van der Waals surface area contributed by atoms with Gasteiger partial charge in [-0.2, -0.15) is 0 Å². The first-order valence-electron chi connectivity index (χ1n) is 7.23. The van der Waals surface area contributed by atoms with Gasteiger partial charge in [-0.05, 0) is 37.3 Å². The van der Waals surface area contributed by atoms with Crippen LogP contribution in [0.25, 0.3) is 10.9 Å². The molecule has 1 heterocycles. The second kappa shape index (κ2) is 4.91. The van der Waals surface area contributed by atoms with E-state index in [4.69, 9.17) is 0 Å². The van der Waals surface area contributed by atoms with Crippen molar-refractivity contribution in [3.63, 3.8) is 0 Å². The molecule has 21 heavy (non-hydrogen) atoms. The molecule has 3 rings (SSSR count). The van der Waals surface area contributed by atoms with Crippen LogP contribution in [0, 0.1) is 0 Å². The minimum Gasteiger partial charge on any atom is -0.480 e. The maximum Gasteiger partial charge on any atom is 0.329 e. The van der Waals surface area contributed by atoms with E-state index >= 15 is 0 Å². The molecule has 1 aliphatic rings. The molecule has 1 aliphatic carbocycles. The lowest BCUT2D eigenvalue weighted by molar-refractivity contribution is -0.148. The van der Waals surface area contributed by atoms with E-state index in [9.17, 15) is 14.7 Å². The maximum absolute atomic E-state index is 12.5. The summed E-state index contributed by atoms with van der Waals surface area (Å²) < 4.78 is 0. The van der Waals surface area contributed by atoms with Crippen LogP contribution < -0.4 is 5.32 Å². The zero-order chi connectivity index (χ0) is 15.0. The van der Waals surface area contributed by atoms with Crippen molar-refractivity contribution in [3.8, 4) is 0 Å². The van der Waals surface area contributed by atoms with Gasteiger partial charge in [0.1, 0.15) is 11.2 Å². The molecule has 0 unspecified atom stereocenters. The van der Waals surface area contributed by atoms with Crippen molar-refractivity contribution in [1.82, 2.24) is 10.3 Å². The number of aromatic amines is 1. The van der Waals surface area contributed by atoms with Crippen molar-refractivity contribution in [1.29, 1.82) is 0 Å². The highest BCUT2D eigenvalue weighted by molar-refractivity contribution is 6.03. The van der Waals surface area contributed by atoms with E-state index in [2.05, 4.69) is 10.3 Å². The normalized spacial score (nSPS) is 16.4. The van der Waals surface area contributed by atoms with Crippen LogP contribution in [0.2, 0.25) is 0 Å². The lowest BCUT2D eigenvalue weighted by Crippen LogP contribution is -2.59. The van der Waals surface area contributed by atoms with E-state index < -0.39 is 11.5 Å². The SMILES string of the molecule is CCc1c(C(=O)NC2(C(=O)O)CCC2)[nH]c2ccccc12. The van der Waals surface area contributed by atoms with Gasteiger partial charge in [-0.1, -0.05) is 25.1 Å². The van der Waals surface area contributed by atoms with Gasteiger partial charge in [-0.15, -0.1) is 0 Å². The highest BCUT2D eigenvalue weighted by atomic mass is 16.4. The van der Waals surface area contributed by atoms with Crippen LogP contribution in [-0.2, 0) is 11.2 Å². The monoisotopic (exact) mass is 286 g/mol. The summed E-state index contributed by atoms with van der Waals surface area (Å²) in [4.78, 5) is 27.0. The minimum atomic E-state index is -1.08. The van der Waals surface area contributed by atoms with E-state index in [1.165, 1.54) is 0 Å². The molecular weight excluding hydrogens is 268 g/mol. The van der Waals surface area contributed by atoms with Gasteiger partial charge in [-0.25, -0.2) is 4.79 Å². The number of hydrogen-bond acceptors (Lipinski definition) is 2. The lowest BCUT2D eigenvalue weighted by Gasteiger charge is -2.38. The summed E-state index contributed by atoms with van der Waals surface area (Å²) in [5, 5.41) is 13.0. The predicted molar refractivity (Wildman–Crippen MR) is 79.4 cm³/mol. The van der Waals surface area contributed by atoms with E-state index in [0.29, 0.717) is 25.0 Å². The third kappa shape index (κ3) is 2.09. The van der Waals surface area contributed by atoms with Crippen LogP contribution in [0.5, 0.6) is 0 Å². The number of nitrogens with one attached hydrogen (secondary N) is 2. The van der Waals surface area contributed by atoms with Crippen molar-refractivity contribution >= 4 is 22.8 Å². The molecule has 2 aromatic rings. The number of carboxylic acids is 1. The van der Waals surface area contributed by atoms with Crippen LogP contribution in [0.3, 0.4) is 0 Å². The molecule has 5 nitrogen and oxygen atoms in total. The van der Waals surface area contributed by atoms with Gasteiger partial charge in [0.2, 0.25) is 0 Å². The Kier molecular flexibility index (Phi) is 3.20. The second-order valence-electron chi connectivity index (χ2n) is 5.57. The Balaban J connectivity index is 1.96. The van der Waals surface area contributed by atoms with Gasteiger partial charge in [0.15, 0.2) is 0 Å². The van der Waals surface area contributed by atoms with Gasteiger partial charge in [0.25, 0.3) is 5.91 Å². The second-order valence-corrected chi connectivity index (χ2v) is 5.57. The maximum atomic E-state index is 12.5. The van der Waals surface area contributed by atoms with Crippen molar-refractivity contribution in [2.45, 2.75) is 38.1 Å². The first-order chi connectivity index (χ1) is 10.1. The van der Waals surface area contributed by atoms with Crippen LogP contribution in [-0.4, -0.2) is 27.5 Å². The average molecular weight is 286 g/mol. The Bertz CT molecular complexity index is 713. The van der Waals surface area contributed by atoms with E-state index in [-0.39, 0.29) is 5.91 Å². The summed E-state index contributed by atoms with van der Waals surface area (Å²) in [6.07, 6.45) is 2.54. The summed E-state index contributed by atoms with van der Waals surface area (Å²) in [7, 11) is 0. The fraction of sp³-hybridized carbons (Fsp3) is 0.375. The highest BCUT2D eigenvalue weighted by Crippen LogP contribution is 2.33. The van der Waals surface area contributed by atoms with Gasteiger partial charge >= 0.3 is 5.97 Å². The fourth-order valence-corrected chi connectivity index (χ4v) is 2.96. The molecule has 0 atom stereocenters. The number of carbonyl (C=O) groups is 2. The number of para-hydroxylation sites is 1. The van der Waals surface area contributed by atoms with E-state index in [1.807, 2.05) is 31.2 Å². The summed E-state index contributed by atoms with van der Waals surface area (Å²) >= 11 is 0. The first kappa shape index (κ1) is 13.7. The summed E-state index contributed by atoms with van der Waals surface area (Å²) in [5.74, 6) is -1.28. The number of hydrogen-bond donors (Lipinski definition) is 3. The van der Waals surface area contributed by atoms with Crippen LogP contribution in [0.1, 0.15) is 42.2 Å². The number of fused-ring (bicyclic) bond motifs is 1. The number of carbonyl (C=O) groups excluding carboxylic acids is 1. The molecule has 3 N–H and O–H groups in total. The molecule has 0 spiro atoms. The van der Waals surface area contributed by atoms with Gasteiger partial charge in [0, 0.05) is 10.9 Å². The molecule has 0 aliphatic heterocycles. The van der Waals surface area contributed by atoms with Gasteiger partial charge in [0.05, 0.1) is 0 Å². The Labute approximate surface area is 122 Å². The van der Waals surface area contributed by atoms with E-state index in [1.54, 1.807) is 0 Å². The number of carboxylic acid groups (broad SMARTS) is 1. The zero-order valence-corrected chi connectivity index (χ0v) is 11.9. The van der Waals surface area contributed by atoms with E-state index in [0.717, 1.165) is 22.9 Å².